The van der Waals surface area contributed by atoms with Crippen molar-refractivity contribution in [3.05, 3.63) is 33.8 Å². The molecule has 1 fully saturated rings. The molecule has 1 saturated heterocycles. The lowest BCUT2D eigenvalue weighted by atomic mass is 10.0. The highest BCUT2D eigenvalue weighted by molar-refractivity contribution is 6.42. The summed E-state index contributed by atoms with van der Waals surface area (Å²) >= 11 is 12.0. The van der Waals surface area contributed by atoms with E-state index in [-0.39, 0.29) is 6.29 Å². The summed E-state index contributed by atoms with van der Waals surface area (Å²) in [6, 6.07) is 5.26. The molecule has 1 aliphatic rings. The first-order valence-electron chi connectivity index (χ1n) is 6.03. The minimum Gasteiger partial charge on any atom is -0.388 e. The van der Waals surface area contributed by atoms with Crippen molar-refractivity contribution in [2.24, 2.45) is 0 Å². The van der Waals surface area contributed by atoms with Crippen LogP contribution in [-0.4, -0.2) is 24.6 Å². The normalized spacial score (nSPS) is 18.8. The molecule has 0 aromatic heterocycles. The predicted octanol–water partition coefficient (Wildman–Crippen LogP) is 3.57. The van der Waals surface area contributed by atoms with Crippen molar-refractivity contribution in [3.63, 3.8) is 0 Å². The highest BCUT2D eigenvalue weighted by atomic mass is 35.5. The fraction of sp³-hybridized carbons (Fsp3) is 0.538. The zero-order valence-corrected chi connectivity index (χ0v) is 11.5. The SMILES string of the molecule is O[C@H](CCC1OCCCO1)c1cccc(Cl)c1Cl. The number of aliphatic hydroxyl groups is 1. The van der Waals surface area contributed by atoms with E-state index in [4.69, 9.17) is 32.7 Å². The molecule has 1 aliphatic heterocycles. The second-order valence-electron chi connectivity index (χ2n) is 4.26. The molecule has 1 aromatic rings. The molecular weight excluding hydrogens is 275 g/mol. The van der Waals surface area contributed by atoms with Gasteiger partial charge >= 0.3 is 0 Å². The molecule has 1 N–H and O–H groups in total. The molecule has 0 amide bonds. The third-order valence-electron chi connectivity index (χ3n) is 2.91. The third kappa shape index (κ3) is 3.59. The molecule has 0 unspecified atom stereocenters. The van der Waals surface area contributed by atoms with Crippen LogP contribution in [0.5, 0.6) is 0 Å². The molecule has 0 aliphatic carbocycles. The molecule has 0 bridgehead atoms. The van der Waals surface area contributed by atoms with Crippen molar-refractivity contribution < 1.29 is 14.6 Å². The van der Waals surface area contributed by atoms with Gasteiger partial charge in [0.2, 0.25) is 0 Å². The maximum atomic E-state index is 10.1. The first kappa shape index (κ1) is 14.1. The van der Waals surface area contributed by atoms with Crippen molar-refractivity contribution >= 4 is 23.2 Å². The predicted molar refractivity (Wildman–Crippen MR) is 71.0 cm³/mol. The van der Waals surface area contributed by atoms with Gasteiger partial charge in [0, 0.05) is 12.0 Å². The summed E-state index contributed by atoms with van der Waals surface area (Å²) in [5, 5.41) is 11.0. The first-order chi connectivity index (χ1) is 8.68. The fourth-order valence-electron chi connectivity index (χ4n) is 1.93. The monoisotopic (exact) mass is 290 g/mol. The Kier molecular flexibility index (Phi) is 5.27. The van der Waals surface area contributed by atoms with Gasteiger partial charge in [0.05, 0.1) is 29.4 Å². The molecule has 1 aromatic carbocycles. The van der Waals surface area contributed by atoms with Crippen LogP contribution < -0.4 is 0 Å². The van der Waals surface area contributed by atoms with Crippen molar-refractivity contribution in [1.82, 2.24) is 0 Å². The van der Waals surface area contributed by atoms with E-state index in [1.807, 2.05) is 0 Å². The summed E-state index contributed by atoms with van der Waals surface area (Å²) in [7, 11) is 0. The summed E-state index contributed by atoms with van der Waals surface area (Å²) in [5.41, 5.74) is 0.653. The molecular formula is C13H16Cl2O3. The van der Waals surface area contributed by atoms with E-state index in [2.05, 4.69) is 0 Å². The topological polar surface area (TPSA) is 38.7 Å². The lowest BCUT2D eigenvalue weighted by Gasteiger charge is -2.24. The minimum absolute atomic E-state index is 0.216. The van der Waals surface area contributed by atoms with Gasteiger partial charge in [0.1, 0.15) is 0 Å². The van der Waals surface area contributed by atoms with Gasteiger partial charge in [0.15, 0.2) is 6.29 Å². The number of aliphatic hydroxyl groups excluding tert-OH is 1. The summed E-state index contributed by atoms with van der Waals surface area (Å²) in [4.78, 5) is 0. The van der Waals surface area contributed by atoms with Crippen molar-refractivity contribution in [2.45, 2.75) is 31.7 Å². The molecule has 0 spiro atoms. The van der Waals surface area contributed by atoms with Crippen molar-refractivity contribution in [1.29, 1.82) is 0 Å². The van der Waals surface area contributed by atoms with Crippen LogP contribution in [0.4, 0.5) is 0 Å². The number of hydrogen-bond acceptors (Lipinski definition) is 3. The number of rotatable bonds is 4. The zero-order valence-electron chi connectivity index (χ0n) is 9.94. The molecule has 3 nitrogen and oxygen atoms in total. The summed E-state index contributed by atoms with van der Waals surface area (Å²) in [5.74, 6) is 0. The van der Waals surface area contributed by atoms with Crippen LogP contribution in [0.15, 0.2) is 18.2 Å². The lowest BCUT2D eigenvalue weighted by Crippen LogP contribution is -2.25. The maximum Gasteiger partial charge on any atom is 0.157 e. The number of halogens is 2. The quantitative estimate of drug-likeness (QED) is 0.921. The summed E-state index contributed by atoms with van der Waals surface area (Å²) < 4.78 is 10.9. The molecule has 2 rings (SSSR count). The van der Waals surface area contributed by atoms with E-state index in [9.17, 15) is 5.11 Å². The molecule has 1 atom stereocenters. The van der Waals surface area contributed by atoms with Gasteiger partial charge in [-0.3, -0.25) is 0 Å². The Bertz CT molecular complexity index is 392. The van der Waals surface area contributed by atoms with Gasteiger partial charge in [-0.15, -0.1) is 0 Å². The van der Waals surface area contributed by atoms with E-state index in [1.165, 1.54) is 0 Å². The van der Waals surface area contributed by atoms with Crippen LogP contribution in [0, 0.1) is 0 Å². The van der Waals surface area contributed by atoms with Crippen molar-refractivity contribution in [3.8, 4) is 0 Å². The number of ether oxygens (including phenoxy) is 2. The Hall–Kier alpha value is -0.320. The third-order valence-corrected chi connectivity index (χ3v) is 3.75. The van der Waals surface area contributed by atoms with Gasteiger partial charge in [-0.1, -0.05) is 35.3 Å². The molecule has 0 radical (unpaired) electrons. The van der Waals surface area contributed by atoms with Gasteiger partial charge in [-0.05, 0) is 18.9 Å². The van der Waals surface area contributed by atoms with Gasteiger partial charge in [-0.2, -0.15) is 0 Å². The Morgan fingerprint density at radius 1 is 1.28 bits per heavy atom. The van der Waals surface area contributed by atoms with Crippen LogP contribution in [-0.2, 0) is 9.47 Å². The Labute approximate surface area is 117 Å². The van der Waals surface area contributed by atoms with E-state index in [0.717, 1.165) is 19.6 Å². The lowest BCUT2D eigenvalue weighted by molar-refractivity contribution is -0.183. The molecule has 100 valence electrons. The summed E-state index contributed by atoms with van der Waals surface area (Å²) in [6.07, 6.45) is 1.24. The van der Waals surface area contributed by atoms with E-state index >= 15 is 0 Å². The summed E-state index contributed by atoms with van der Waals surface area (Å²) in [6.45, 7) is 1.44. The van der Waals surface area contributed by atoms with Gasteiger partial charge < -0.3 is 14.6 Å². The van der Waals surface area contributed by atoms with Crippen molar-refractivity contribution in [2.75, 3.05) is 13.2 Å². The average Bonchev–Trinajstić information content (AvgIpc) is 2.40. The number of benzene rings is 1. The molecule has 5 heteroatoms. The standard InChI is InChI=1S/C13H16Cl2O3/c14-10-4-1-3-9(13(10)15)11(16)5-6-12-17-7-2-8-18-12/h1,3-4,11-12,16H,2,5-8H2/t11-/m1/s1. The van der Waals surface area contributed by atoms with Crippen LogP contribution in [0.3, 0.4) is 0 Å². The smallest absolute Gasteiger partial charge is 0.157 e. The van der Waals surface area contributed by atoms with Crippen LogP contribution >= 0.6 is 23.2 Å². The zero-order chi connectivity index (χ0) is 13.0. The largest absolute Gasteiger partial charge is 0.388 e. The number of hydrogen-bond donors (Lipinski definition) is 1. The van der Waals surface area contributed by atoms with E-state index < -0.39 is 6.10 Å². The highest BCUT2D eigenvalue weighted by Crippen LogP contribution is 2.32. The highest BCUT2D eigenvalue weighted by Gasteiger charge is 2.18. The molecule has 1 heterocycles. The molecule has 0 saturated carbocycles. The minimum atomic E-state index is -0.648. The fourth-order valence-corrected chi connectivity index (χ4v) is 2.36. The van der Waals surface area contributed by atoms with Crippen LogP contribution in [0.2, 0.25) is 10.0 Å². The van der Waals surface area contributed by atoms with Gasteiger partial charge in [-0.25, -0.2) is 0 Å². The second-order valence-corrected chi connectivity index (χ2v) is 5.05. The average molecular weight is 291 g/mol. The Balaban J connectivity index is 1.90. The maximum absolute atomic E-state index is 10.1. The first-order valence-corrected chi connectivity index (χ1v) is 6.79. The van der Waals surface area contributed by atoms with E-state index in [0.29, 0.717) is 28.5 Å². The van der Waals surface area contributed by atoms with Crippen LogP contribution in [0.1, 0.15) is 30.9 Å². The van der Waals surface area contributed by atoms with Crippen LogP contribution in [0.25, 0.3) is 0 Å². The van der Waals surface area contributed by atoms with E-state index in [1.54, 1.807) is 18.2 Å². The van der Waals surface area contributed by atoms with Gasteiger partial charge in [0.25, 0.3) is 0 Å². The Morgan fingerprint density at radius 3 is 2.72 bits per heavy atom. The second kappa shape index (κ2) is 6.73. The molecule has 18 heavy (non-hydrogen) atoms. The Morgan fingerprint density at radius 2 is 2.00 bits per heavy atom.